The number of nitrogens with one attached hydrogen (secondary N) is 1. The third-order valence-corrected chi connectivity index (χ3v) is 2.95. The van der Waals surface area contributed by atoms with Crippen LogP contribution in [0.1, 0.15) is 25.0 Å². The van der Waals surface area contributed by atoms with Gasteiger partial charge in [-0.3, -0.25) is 4.79 Å². The average Bonchev–Trinajstić information content (AvgIpc) is 2.69. The fraction of sp³-hybridized carbons (Fsp3) is 0.462. The second-order valence-electron chi connectivity index (χ2n) is 4.66. The van der Waals surface area contributed by atoms with Gasteiger partial charge >= 0.3 is 6.29 Å². The number of ether oxygens (including phenoxy) is 2. The molecule has 1 aromatic rings. The summed E-state index contributed by atoms with van der Waals surface area (Å²) in [4.78, 5) is 10.7. The van der Waals surface area contributed by atoms with Crippen LogP contribution < -0.4 is 14.8 Å². The highest BCUT2D eigenvalue weighted by Crippen LogP contribution is 2.42. The number of alkyl halides is 2. The Morgan fingerprint density at radius 2 is 2.00 bits per heavy atom. The first kappa shape index (κ1) is 15.5. The molecule has 116 valence electrons. The molecule has 0 saturated carbocycles. The maximum Gasteiger partial charge on any atom is 0.586 e. The number of halogens is 2. The highest BCUT2D eigenvalue weighted by molar-refractivity contribution is 5.72. The third kappa shape index (κ3) is 3.79. The molecule has 3 N–H and O–H groups in total. The van der Waals surface area contributed by atoms with E-state index in [0.717, 1.165) is 0 Å². The normalized spacial score (nSPS) is 18.1. The van der Waals surface area contributed by atoms with Crippen LogP contribution in [0.5, 0.6) is 11.5 Å². The Hall–Kier alpha value is -1.93. The number of carbonyl (C=O) groups is 1. The molecule has 1 heterocycles. The van der Waals surface area contributed by atoms with Crippen LogP contribution >= 0.6 is 0 Å². The Morgan fingerprint density at radius 1 is 1.33 bits per heavy atom. The van der Waals surface area contributed by atoms with Crippen molar-refractivity contribution in [2.24, 2.45) is 0 Å². The summed E-state index contributed by atoms with van der Waals surface area (Å²) in [6.45, 7) is 1.52. The Labute approximate surface area is 119 Å². The third-order valence-electron chi connectivity index (χ3n) is 2.95. The van der Waals surface area contributed by atoms with E-state index in [1.807, 2.05) is 0 Å². The van der Waals surface area contributed by atoms with Crippen LogP contribution in [0.2, 0.25) is 0 Å². The van der Waals surface area contributed by atoms with E-state index in [4.69, 9.17) is 0 Å². The molecule has 1 aliphatic heterocycles. The molecular weight excluding hydrogens is 288 g/mol. The van der Waals surface area contributed by atoms with Gasteiger partial charge in [0.15, 0.2) is 11.5 Å². The topological polar surface area (TPSA) is 88.0 Å². The molecule has 0 saturated heterocycles. The molecule has 6 nitrogen and oxygen atoms in total. The molecule has 2 rings (SSSR count). The van der Waals surface area contributed by atoms with E-state index < -0.39 is 18.5 Å². The number of amides is 1. The van der Waals surface area contributed by atoms with Gasteiger partial charge in [0, 0.05) is 13.5 Å². The van der Waals surface area contributed by atoms with Gasteiger partial charge in [-0.15, -0.1) is 8.78 Å². The average molecular weight is 303 g/mol. The summed E-state index contributed by atoms with van der Waals surface area (Å²) in [5.74, 6) is -0.587. The van der Waals surface area contributed by atoms with Crippen molar-refractivity contribution in [1.29, 1.82) is 0 Å². The fourth-order valence-electron chi connectivity index (χ4n) is 1.93. The monoisotopic (exact) mass is 303 g/mol. The number of carbonyl (C=O) groups excluding carboxylic acids is 1. The van der Waals surface area contributed by atoms with E-state index in [1.165, 1.54) is 25.1 Å². The molecule has 0 aromatic heterocycles. The molecule has 0 bridgehead atoms. The van der Waals surface area contributed by atoms with Crippen LogP contribution in [0.4, 0.5) is 8.78 Å². The van der Waals surface area contributed by atoms with Crippen LogP contribution in [0.3, 0.4) is 0 Å². The fourth-order valence-corrected chi connectivity index (χ4v) is 1.93. The van der Waals surface area contributed by atoms with E-state index in [9.17, 15) is 23.8 Å². The number of rotatable bonds is 5. The number of fused-ring (bicyclic) bond motifs is 1. The number of hydrogen-bond acceptors (Lipinski definition) is 5. The highest BCUT2D eigenvalue weighted by Gasteiger charge is 2.43. The van der Waals surface area contributed by atoms with E-state index in [2.05, 4.69) is 14.8 Å². The quantitative estimate of drug-likeness (QED) is 0.753. The lowest BCUT2D eigenvalue weighted by molar-refractivity contribution is -0.286. The lowest BCUT2D eigenvalue weighted by Gasteiger charge is -2.18. The second kappa shape index (κ2) is 5.82. The van der Waals surface area contributed by atoms with Crippen molar-refractivity contribution in [3.63, 3.8) is 0 Å². The van der Waals surface area contributed by atoms with Crippen LogP contribution in [0.25, 0.3) is 0 Å². The summed E-state index contributed by atoms with van der Waals surface area (Å²) in [7, 11) is 0. The highest BCUT2D eigenvalue weighted by atomic mass is 19.3. The van der Waals surface area contributed by atoms with Crippen LogP contribution in [0.15, 0.2) is 18.2 Å². The van der Waals surface area contributed by atoms with Crippen molar-refractivity contribution in [2.75, 3.05) is 6.54 Å². The molecule has 0 aliphatic carbocycles. The minimum Gasteiger partial charge on any atom is -0.395 e. The first-order chi connectivity index (χ1) is 9.78. The molecule has 0 radical (unpaired) electrons. The summed E-state index contributed by atoms with van der Waals surface area (Å²) in [6, 6.07) is 3.77. The number of aliphatic hydroxyl groups excluding tert-OH is 2. The SMILES string of the molecule is CC(=O)NCCC(O)C(O)c1ccc2c(c1)OC(F)(F)O2. The summed E-state index contributed by atoms with van der Waals surface area (Å²) >= 11 is 0. The Balaban J connectivity index is 2.00. The van der Waals surface area contributed by atoms with E-state index >= 15 is 0 Å². The minimum atomic E-state index is -3.73. The van der Waals surface area contributed by atoms with Crippen molar-refractivity contribution < 1.29 is 33.3 Å². The lowest BCUT2D eigenvalue weighted by atomic mass is 10.0. The van der Waals surface area contributed by atoms with Crippen LogP contribution in [-0.2, 0) is 4.79 Å². The Kier molecular flexibility index (Phi) is 4.29. The molecular formula is C13H15F2NO5. The van der Waals surface area contributed by atoms with Gasteiger partial charge in [0.25, 0.3) is 0 Å². The zero-order valence-corrected chi connectivity index (χ0v) is 11.2. The first-order valence-electron chi connectivity index (χ1n) is 6.29. The molecule has 1 aliphatic rings. The smallest absolute Gasteiger partial charge is 0.395 e. The van der Waals surface area contributed by atoms with Gasteiger partial charge in [-0.1, -0.05) is 6.07 Å². The van der Waals surface area contributed by atoms with Gasteiger partial charge in [0.2, 0.25) is 5.91 Å². The van der Waals surface area contributed by atoms with Gasteiger partial charge in [-0.25, -0.2) is 0 Å². The maximum absolute atomic E-state index is 12.9. The van der Waals surface area contributed by atoms with Crippen LogP contribution in [-0.4, -0.2) is 35.1 Å². The van der Waals surface area contributed by atoms with E-state index in [1.54, 1.807) is 0 Å². The summed E-state index contributed by atoms with van der Waals surface area (Å²) < 4.78 is 34.3. The van der Waals surface area contributed by atoms with Crippen molar-refractivity contribution in [1.82, 2.24) is 5.32 Å². The predicted octanol–water partition coefficient (Wildman–Crippen LogP) is 0.929. The molecule has 2 unspecified atom stereocenters. The van der Waals surface area contributed by atoms with Gasteiger partial charge in [0.05, 0.1) is 6.10 Å². The zero-order valence-electron chi connectivity index (χ0n) is 11.2. The van der Waals surface area contributed by atoms with Gasteiger partial charge in [-0.2, -0.15) is 0 Å². The van der Waals surface area contributed by atoms with Crippen molar-refractivity contribution >= 4 is 5.91 Å². The van der Waals surface area contributed by atoms with Crippen molar-refractivity contribution in [3.8, 4) is 11.5 Å². The lowest BCUT2D eigenvalue weighted by Crippen LogP contribution is -2.27. The van der Waals surface area contributed by atoms with Crippen LogP contribution in [0, 0.1) is 0 Å². The molecule has 1 aromatic carbocycles. The summed E-state index contributed by atoms with van der Waals surface area (Å²) in [5, 5.41) is 22.3. The van der Waals surface area contributed by atoms with Gasteiger partial charge in [-0.05, 0) is 24.1 Å². The Bertz CT molecular complexity index is 537. The zero-order chi connectivity index (χ0) is 15.6. The number of aliphatic hydroxyl groups is 2. The number of benzene rings is 1. The Morgan fingerprint density at radius 3 is 2.67 bits per heavy atom. The summed E-state index contributed by atoms with van der Waals surface area (Å²) in [6.07, 6.45) is -6.05. The molecule has 1 amide bonds. The second-order valence-corrected chi connectivity index (χ2v) is 4.66. The molecule has 0 fully saturated rings. The maximum atomic E-state index is 12.9. The molecule has 2 atom stereocenters. The number of hydrogen-bond donors (Lipinski definition) is 3. The largest absolute Gasteiger partial charge is 0.586 e. The first-order valence-corrected chi connectivity index (χ1v) is 6.29. The molecule has 0 spiro atoms. The van der Waals surface area contributed by atoms with E-state index in [-0.39, 0.29) is 35.9 Å². The minimum absolute atomic E-state index is 0.116. The van der Waals surface area contributed by atoms with E-state index in [0.29, 0.717) is 0 Å². The molecule has 8 heteroatoms. The molecule has 21 heavy (non-hydrogen) atoms. The van der Waals surface area contributed by atoms with Crippen molar-refractivity contribution in [3.05, 3.63) is 23.8 Å². The standard InChI is InChI=1S/C13H15F2NO5/c1-7(17)16-5-4-9(18)12(19)8-2-3-10-11(6-8)21-13(14,15)20-10/h2-3,6,9,12,18-19H,4-5H2,1H3,(H,16,17). The van der Waals surface area contributed by atoms with Crippen molar-refractivity contribution in [2.45, 2.75) is 31.8 Å². The van der Waals surface area contributed by atoms with Gasteiger partial charge in [0.1, 0.15) is 6.10 Å². The summed E-state index contributed by atoms with van der Waals surface area (Å²) in [5.41, 5.74) is 0.213. The predicted molar refractivity (Wildman–Crippen MR) is 66.9 cm³/mol. The van der Waals surface area contributed by atoms with Gasteiger partial charge < -0.3 is 25.0 Å².